The second-order valence-corrected chi connectivity index (χ2v) is 5.24. The Labute approximate surface area is 114 Å². The fraction of sp³-hybridized carbons (Fsp3) is 0.533. The van der Waals surface area contributed by atoms with Crippen LogP contribution >= 0.6 is 0 Å². The second kappa shape index (κ2) is 6.06. The van der Waals surface area contributed by atoms with Crippen molar-refractivity contribution in [1.29, 1.82) is 0 Å². The van der Waals surface area contributed by atoms with Crippen LogP contribution in [0, 0.1) is 27.7 Å². The minimum atomic E-state index is -0.977. The fourth-order valence-corrected chi connectivity index (χ4v) is 2.44. The highest BCUT2D eigenvalue weighted by Gasteiger charge is 2.17. The maximum absolute atomic E-state index is 10.6. The van der Waals surface area contributed by atoms with Gasteiger partial charge in [0.05, 0.1) is 12.5 Å². The lowest BCUT2D eigenvalue weighted by Gasteiger charge is -2.27. The molecule has 0 bridgehead atoms. The summed E-state index contributed by atoms with van der Waals surface area (Å²) in [5.41, 5.74) is 5.85. The Bertz CT molecular complexity index is 457. The van der Waals surface area contributed by atoms with Gasteiger partial charge in [0, 0.05) is 19.3 Å². The third-order valence-electron chi connectivity index (χ3n) is 3.60. The van der Waals surface area contributed by atoms with Crippen molar-refractivity contribution < 1.29 is 15.0 Å². The largest absolute Gasteiger partial charge is 0.481 e. The second-order valence-electron chi connectivity index (χ2n) is 5.24. The van der Waals surface area contributed by atoms with Crippen LogP contribution in [0.25, 0.3) is 0 Å². The number of aliphatic hydroxyl groups excluding tert-OH is 1. The van der Waals surface area contributed by atoms with E-state index in [9.17, 15) is 9.90 Å². The van der Waals surface area contributed by atoms with Crippen molar-refractivity contribution in [2.75, 3.05) is 18.5 Å². The quantitative estimate of drug-likeness (QED) is 0.856. The summed E-state index contributed by atoms with van der Waals surface area (Å²) >= 11 is 0. The van der Waals surface area contributed by atoms with Gasteiger partial charge in [0.15, 0.2) is 0 Å². The molecule has 4 heteroatoms. The molecule has 2 N–H and O–H groups in total. The first-order valence-corrected chi connectivity index (χ1v) is 6.42. The van der Waals surface area contributed by atoms with Gasteiger partial charge in [-0.1, -0.05) is 6.07 Å². The summed E-state index contributed by atoms with van der Waals surface area (Å²) in [5.74, 6) is -0.977. The number of anilines is 1. The predicted octanol–water partition coefficient (Wildman–Crippen LogP) is 2.19. The van der Waals surface area contributed by atoms with Crippen LogP contribution in [0.4, 0.5) is 5.69 Å². The summed E-state index contributed by atoms with van der Waals surface area (Å²) < 4.78 is 0. The van der Waals surface area contributed by atoms with Gasteiger partial charge in [-0.2, -0.15) is 0 Å². The molecule has 0 aromatic heterocycles. The summed E-state index contributed by atoms with van der Waals surface area (Å²) in [4.78, 5) is 12.5. The van der Waals surface area contributed by atoms with Crippen LogP contribution in [0.3, 0.4) is 0 Å². The minimum Gasteiger partial charge on any atom is -0.481 e. The summed E-state index contributed by atoms with van der Waals surface area (Å²) in [6, 6.07) is 2.15. The number of aliphatic hydroxyl groups is 1. The molecular formula is C15H23NO3. The number of carboxylic acid groups (broad SMARTS) is 1. The number of hydrogen-bond donors (Lipinski definition) is 2. The van der Waals surface area contributed by atoms with E-state index in [2.05, 4.69) is 33.8 Å². The van der Waals surface area contributed by atoms with Crippen LogP contribution in [0.15, 0.2) is 6.07 Å². The van der Waals surface area contributed by atoms with E-state index in [1.54, 1.807) is 0 Å². The maximum atomic E-state index is 10.6. The number of benzene rings is 1. The van der Waals surface area contributed by atoms with E-state index in [1.165, 1.54) is 22.3 Å². The Hall–Kier alpha value is -1.55. The normalized spacial score (nSPS) is 12.3. The van der Waals surface area contributed by atoms with Crippen molar-refractivity contribution in [3.8, 4) is 0 Å². The molecule has 0 aliphatic rings. The topological polar surface area (TPSA) is 60.8 Å². The van der Waals surface area contributed by atoms with Crippen molar-refractivity contribution in [2.45, 2.75) is 40.2 Å². The highest BCUT2D eigenvalue weighted by molar-refractivity contribution is 5.68. The van der Waals surface area contributed by atoms with Gasteiger partial charge in [-0.25, -0.2) is 0 Å². The molecule has 0 spiro atoms. The summed E-state index contributed by atoms with van der Waals surface area (Å²) in [7, 11) is 1.89. The van der Waals surface area contributed by atoms with Crippen LogP contribution < -0.4 is 4.90 Å². The SMILES string of the molecule is Cc1cc(C)c(C)c(N(C)CC(O)CC(=O)O)c1C. The molecule has 0 heterocycles. The minimum absolute atomic E-state index is 0.229. The molecule has 19 heavy (non-hydrogen) atoms. The van der Waals surface area contributed by atoms with Crippen molar-refractivity contribution in [3.05, 3.63) is 28.3 Å². The molecule has 1 aromatic rings. The van der Waals surface area contributed by atoms with Gasteiger partial charge in [-0.3, -0.25) is 4.79 Å². The lowest BCUT2D eigenvalue weighted by Crippen LogP contribution is -2.31. The van der Waals surface area contributed by atoms with Crippen LogP contribution in [0.2, 0.25) is 0 Å². The van der Waals surface area contributed by atoms with Crippen molar-refractivity contribution >= 4 is 11.7 Å². The molecule has 1 rings (SSSR count). The van der Waals surface area contributed by atoms with Gasteiger partial charge in [0.2, 0.25) is 0 Å². The highest BCUT2D eigenvalue weighted by Crippen LogP contribution is 2.29. The average Bonchev–Trinajstić information content (AvgIpc) is 2.25. The van der Waals surface area contributed by atoms with Gasteiger partial charge in [-0.15, -0.1) is 0 Å². The van der Waals surface area contributed by atoms with Crippen LogP contribution in [0.1, 0.15) is 28.7 Å². The lowest BCUT2D eigenvalue weighted by molar-refractivity contribution is -0.139. The average molecular weight is 265 g/mol. The molecule has 106 valence electrons. The summed E-state index contributed by atoms with van der Waals surface area (Å²) in [5, 5.41) is 18.4. The first kappa shape index (κ1) is 15.5. The number of aliphatic carboxylic acids is 1. The summed E-state index contributed by atoms with van der Waals surface area (Å²) in [6.45, 7) is 8.55. The molecule has 0 aliphatic carbocycles. The number of carbonyl (C=O) groups is 1. The third kappa shape index (κ3) is 3.70. The standard InChI is InChI=1S/C15H23NO3/c1-9-6-10(2)12(4)15(11(9)3)16(5)8-13(17)7-14(18)19/h6,13,17H,7-8H2,1-5H3,(H,18,19). The van der Waals surface area contributed by atoms with E-state index in [0.29, 0.717) is 6.54 Å². The maximum Gasteiger partial charge on any atom is 0.306 e. The molecule has 0 amide bonds. The van der Waals surface area contributed by atoms with Gasteiger partial charge in [-0.05, 0) is 49.9 Å². The van der Waals surface area contributed by atoms with Crippen molar-refractivity contribution in [2.24, 2.45) is 0 Å². The predicted molar refractivity (Wildman–Crippen MR) is 76.9 cm³/mol. The third-order valence-corrected chi connectivity index (χ3v) is 3.60. The number of hydrogen-bond acceptors (Lipinski definition) is 3. The van der Waals surface area contributed by atoms with Gasteiger partial charge in [0.25, 0.3) is 0 Å². The number of rotatable bonds is 5. The molecule has 0 radical (unpaired) electrons. The first-order chi connectivity index (χ1) is 8.73. The van der Waals surface area contributed by atoms with E-state index in [0.717, 1.165) is 5.69 Å². The zero-order valence-electron chi connectivity index (χ0n) is 12.3. The number of carboxylic acids is 1. The van der Waals surface area contributed by atoms with Crippen LogP contribution in [-0.4, -0.2) is 35.9 Å². The van der Waals surface area contributed by atoms with Gasteiger partial charge >= 0.3 is 5.97 Å². The van der Waals surface area contributed by atoms with E-state index in [-0.39, 0.29) is 6.42 Å². The molecule has 0 saturated carbocycles. The lowest BCUT2D eigenvalue weighted by atomic mass is 9.98. The molecular weight excluding hydrogens is 242 g/mol. The number of likely N-dealkylation sites (N-methyl/N-ethyl adjacent to an activating group) is 1. The Morgan fingerprint density at radius 2 is 1.68 bits per heavy atom. The fourth-order valence-electron chi connectivity index (χ4n) is 2.44. The monoisotopic (exact) mass is 265 g/mol. The molecule has 1 atom stereocenters. The first-order valence-electron chi connectivity index (χ1n) is 6.42. The van der Waals surface area contributed by atoms with E-state index < -0.39 is 12.1 Å². The highest BCUT2D eigenvalue weighted by atomic mass is 16.4. The van der Waals surface area contributed by atoms with Gasteiger partial charge < -0.3 is 15.1 Å². The zero-order valence-corrected chi connectivity index (χ0v) is 12.3. The Morgan fingerprint density at radius 1 is 1.21 bits per heavy atom. The van der Waals surface area contributed by atoms with Crippen LogP contribution in [0.5, 0.6) is 0 Å². The molecule has 1 unspecified atom stereocenters. The number of aryl methyl sites for hydroxylation is 2. The Balaban J connectivity index is 2.99. The smallest absolute Gasteiger partial charge is 0.306 e. The van der Waals surface area contributed by atoms with Crippen LogP contribution in [-0.2, 0) is 4.79 Å². The molecule has 0 saturated heterocycles. The van der Waals surface area contributed by atoms with E-state index >= 15 is 0 Å². The Kier molecular flexibility index (Phi) is 4.95. The number of nitrogens with zero attached hydrogens (tertiary/aromatic N) is 1. The van der Waals surface area contributed by atoms with E-state index in [4.69, 9.17) is 5.11 Å². The molecule has 4 nitrogen and oxygen atoms in total. The van der Waals surface area contributed by atoms with Crippen molar-refractivity contribution in [1.82, 2.24) is 0 Å². The van der Waals surface area contributed by atoms with Gasteiger partial charge in [0.1, 0.15) is 0 Å². The van der Waals surface area contributed by atoms with E-state index in [1.807, 2.05) is 11.9 Å². The Morgan fingerprint density at radius 3 is 2.11 bits per heavy atom. The molecule has 0 aliphatic heterocycles. The molecule has 0 fully saturated rings. The zero-order chi connectivity index (χ0) is 14.7. The van der Waals surface area contributed by atoms with Crippen molar-refractivity contribution in [3.63, 3.8) is 0 Å². The molecule has 1 aromatic carbocycles. The summed E-state index contributed by atoms with van der Waals surface area (Å²) in [6.07, 6.45) is -1.09.